The lowest BCUT2D eigenvalue weighted by atomic mass is 9.65. The molecule has 2 fully saturated rings. The van der Waals surface area contributed by atoms with Crippen molar-refractivity contribution in [2.24, 2.45) is 0 Å². The van der Waals surface area contributed by atoms with Crippen LogP contribution in [0.5, 0.6) is 5.75 Å². The minimum atomic E-state index is -4.26. The molecule has 0 radical (unpaired) electrons. The molecule has 0 aromatic heterocycles. The Kier molecular flexibility index (Phi) is 5.36. The third-order valence-electron chi connectivity index (χ3n) is 6.72. The van der Waals surface area contributed by atoms with Crippen LogP contribution in [0.25, 0.3) is 0 Å². The quantitative estimate of drug-likeness (QED) is 0.637. The molecule has 2 N–H and O–H groups in total. The van der Waals surface area contributed by atoms with E-state index in [9.17, 15) is 22.4 Å². The van der Waals surface area contributed by atoms with Gasteiger partial charge in [-0.1, -0.05) is 18.0 Å². The first kappa shape index (κ1) is 22.2. The molecule has 2 aromatic rings. The molecule has 3 aliphatic rings. The van der Waals surface area contributed by atoms with Crippen LogP contribution in [-0.4, -0.2) is 26.2 Å². The number of ether oxygens (including phenoxy) is 1. The summed E-state index contributed by atoms with van der Waals surface area (Å²) in [6, 6.07) is 6.45. The molecule has 1 spiro atoms. The van der Waals surface area contributed by atoms with Gasteiger partial charge in [-0.25, -0.2) is 12.8 Å². The highest BCUT2D eigenvalue weighted by Crippen LogP contribution is 2.54. The van der Waals surface area contributed by atoms with Crippen LogP contribution in [0.15, 0.2) is 35.2 Å². The number of carbonyl (C=O) groups excluding carboxylic acids is 2. The third kappa shape index (κ3) is 3.87. The number of halogens is 2. The number of benzene rings is 2. The summed E-state index contributed by atoms with van der Waals surface area (Å²) in [6.45, 7) is 0. The number of anilines is 2. The Morgan fingerprint density at radius 1 is 1.12 bits per heavy atom. The molecule has 7 nitrogen and oxygen atoms in total. The average Bonchev–Trinajstić information content (AvgIpc) is 3.01. The lowest BCUT2D eigenvalue weighted by Gasteiger charge is -2.36. The van der Waals surface area contributed by atoms with E-state index < -0.39 is 26.2 Å². The van der Waals surface area contributed by atoms with Gasteiger partial charge in [0.2, 0.25) is 5.91 Å². The van der Waals surface area contributed by atoms with E-state index in [0.717, 1.165) is 18.6 Å². The Morgan fingerprint density at radius 3 is 2.48 bits per heavy atom. The summed E-state index contributed by atoms with van der Waals surface area (Å²) in [5, 5.41) is 3.00. The number of rotatable bonds is 5. The number of hydrogen-bond donors (Lipinski definition) is 2. The summed E-state index contributed by atoms with van der Waals surface area (Å²) in [7, 11) is -4.26. The molecule has 5 rings (SSSR count). The van der Waals surface area contributed by atoms with Gasteiger partial charge >= 0.3 is 0 Å². The molecule has 2 aliphatic carbocycles. The first-order valence-corrected chi connectivity index (χ1v) is 12.7. The second-order valence-corrected chi connectivity index (χ2v) is 10.9. The Morgan fingerprint density at radius 2 is 1.85 bits per heavy atom. The van der Waals surface area contributed by atoms with Crippen molar-refractivity contribution < 1.29 is 27.1 Å². The molecular weight excluding hydrogens is 471 g/mol. The van der Waals surface area contributed by atoms with Crippen LogP contribution in [0.3, 0.4) is 0 Å². The smallest absolute Gasteiger partial charge is 0.264 e. The van der Waals surface area contributed by atoms with Gasteiger partial charge in [-0.05, 0) is 55.5 Å². The third-order valence-corrected chi connectivity index (χ3v) is 8.37. The van der Waals surface area contributed by atoms with E-state index in [1.807, 2.05) is 0 Å². The van der Waals surface area contributed by atoms with Crippen molar-refractivity contribution in [1.82, 2.24) is 0 Å². The van der Waals surface area contributed by atoms with Gasteiger partial charge < -0.3 is 10.1 Å². The standard InChI is InChI=1S/C23H22ClFN2O5S/c24-13-2-7-20(18(25)10-13)33(30,31)27-14-11-17-21(26-22(29)23(17)8-1-9-23)19(12-14)32-16-5-3-15(28)4-6-16/h2,7,10-12,16,27H,1,3-6,8-9H2,(H,26,29). The fourth-order valence-electron chi connectivity index (χ4n) is 4.77. The van der Waals surface area contributed by atoms with Crippen LogP contribution in [0, 0.1) is 5.82 Å². The zero-order valence-electron chi connectivity index (χ0n) is 17.6. The van der Waals surface area contributed by atoms with Crippen molar-refractivity contribution in [1.29, 1.82) is 0 Å². The predicted octanol–water partition coefficient (Wildman–Crippen LogP) is 4.54. The Hall–Kier alpha value is -2.65. The highest BCUT2D eigenvalue weighted by Gasteiger charge is 2.52. The van der Waals surface area contributed by atoms with E-state index in [2.05, 4.69) is 10.0 Å². The molecule has 0 unspecified atom stereocenters. The van der Waals surface area contributed by atoms with Crippen molar-refractivity contribution in [3.05, 3.63) is 46.7 Å². The van der Waals surface area contributed by atoms with Crippen LogP contribution >= 0.6 is 11.6 Å². The number of Topliss-reactive ketones (excluding diaryl/α,β-unsaturated/α-hetero) is 1. The zero-order valence-corrected chi connectivity index (χ0v) is 19.2. The van der Waals surface area contributed by atoms with Gasteiger partial charge in [-0.15, -0.1) is 0 Å². The van der Waals surface area contributed by atoms with Crippen molar-refractivity contribution in [3.8, 4) is 5.75 Å². The van der Waals surface area contributed by atoms with Gasteiger partial charge in [0.15, 0.2) is 0 Å². The van der Waals surface area contributed by atoms with E-state index in [1.54, 1.807) is 6.07 Å². The van der Waals surface area contributed by atoms with Gasteiger partial charge in [0.25, 0.3) is 10.0 Å². The van der Waals surface area contributed by atoms with Gasteiger partial charge in [-0.3, -0.25) is 14.3 Å². The van der Waals surface area contributed by atoms with Crippen molar-refractivity contribution >= 4 is 44.7 Å². The molecule has 0 atom stereocenters. The summed E-state index contributed by atoms with van der Waals surface area (Å²) < 4.78 is 48.8. The molecular formula is C23H22ClFN2O5S. The second-order valence-electron chi connectivity index (χ2n) is 8.82. The lowest BCUT2D eigenvalue weighted by Crippen LogP contribution is -2.40. The number of fused-ring (bicyclic) bond motifs is 2. The molecule has 10 heteroatoms. The molecule has 174 valence electrons. The normalized spacial score (nSPS) is 19.7. The summed E-state index contributed by atoms with van der Waals surface area (Å²) in [4.78, 5) is 23.9. The van der Waals surface area contributed by atoms with Gasteiger partial charge in [0, 0.05) is 23.9 Å². The van der Waals surface area contributed by atoms with Gasteiger partial charge in [0.05, 0.1) is 22.9 Å². The first-order valence-electron chi connectivity index (χ1n) is 10.8. The molecule has 2 saturated carbocycles. The Labute approximate surface area is 195 Å². The van der Waals surface area contributed by atoms with Crippen molar-refractivity contribution in [2.45, 2.75) is 61.4 Å². The van der Waals surface area contributed by atoms with E-state index in [4.69, 9.17) is 16.3 Å². The molecule has 0 saturated heterocycles. The number of sulfonamides is 1. The van der Waals surface area contributed by atoms with E-state index in [0.29, 0.717) is 55.5 Å². The summed E-state index contributed by atoms with van der Waals surface area (Å²) in [6.07, 6.45) is 3.94. The fourth-order valence-corrected chi connectivity index (χ4v) is 6.03. The van der Waals surface area contributed by atoms with Gasteiger partial charge in [0.1, 0.15) is 22.2 Å². The van der Waals surface area contributed by atoms with Crippen molar-refractivity contribution in [3.63, 3.8) is 0 Å². The first-order chi connectivity index (χ1) is 15.7. The minimum absolute atomic E-state index is 0.0853. The van der Waals surface area contributed by atoms with Crippen LogP contribution < -0.4 is 14.8 Å². The SMILES string of the molecule is O=C1CCC(Oc2cc(NS(=O)(=O)c3ccc(Cl)cc3F)cc3c2NC(=O)C32CCC2)CC1. The number of hydrogen-bond acceptors (Lipinski definition) is 5. The Bertz CT molecular complexity index is 1270. The summed E-state index contributed by atoms with van der Waals surface area (Å²) in [5.74, 6) is -0.561. The molecule has 1 aliphatic heterocycles. The molecule has 33 heavy (non-hydrogen) atoms. The number of carbonyl (C=O) groups is 2. The molecule has 0 bridgehead atoms. The fraction of sp³-hybridized carbons (Fsp3) is 0.391. The number of nitrogens with one attached hydrogen (secondary N) is 2. The molecule has 1 amide bonds. The molecule has 2 aromatic carbocycles. The predicted molar refractivity (Wildman–Crippen MR) is 121 cm³/mol. The average molecular weight is 493 g/mol. The van der Waals surface area contributed by atoms with E-state index in [-0.39, 0.29) is 28.5 Å². The maximum Gasteiger partial charge on any atom is 0.264 e. The molecule has 1 heterocycles. The summed E-state index contributed by atoms with van der Waals surface area (Å²) >= 11 is 5.75. The van der Waals surface area contributed by atoms with Crippen LogP contribution in [0.1, 0.15) is 50.5 Å². The van der Waals surface area contributed by atoms with Crippen molar-refractivity contribution in [2.75, 3.05) is 10.0 Å². The largest absolute Gasteiger partial charge is 0.488 e. The topological polar surface area (TPSA) is 102 Å². The Balaban J connectivity index is 1.53. The van der Waals surface area contributed by atoms with Crippen LogP contribution in [0.4, 0.5) is 15.8 Å². The number of ketones is 1. The zero-order chi connectivity index (χ0) is 23.4. The highest BCUT2D eigenvalue weighted by molar-refractivity contribution is 7.92. The summed E-state index contributed by atoms with van der Waals surface area (Å²) in [5.41, 5.74) is 0.686. The van der Waals surface area contributed by atoms with Crippen LogP contribution in [0.2, 0.25) is 5.02 Å². The monoisotopic (exact) mass is 492 g/mol. The maximum atomic E-state index is 14.3. The van der Waals surface area contributed by atoms with Gasteiger partial charge in [-0.2, -0.15) is 0 Å². The lowest BCUT2D eigenvalue weighted by molar-refractivity contribution is -0.123. The highest BCUT2D eigenvalue weighted by atomic mass is 35.5. The maximum absolute atomic E-state index is 14.3. The number of amides is 1. The van der Waals surface area contributed by atoms with E-state index in [1.165, 1.54) is 12.1 Å². The second kappa shape index (κ2) is 7.99. The van der Waals surface area contributed by atoms with E-state index >= 15 is 0 Å². The van der Waals surface area contributed by atoms with Crippen LogP contribution in [-0.2, 0) is 25.0 Å². The minimum Gasteiger partial charge on any atom is -0.488 e.